The topological polar surface area (TPSA) is 14.8 Å². The summed E-state index contributed by atoms with van der Waals surface area (Å²) in [6, 6.07) is 50.6. The van der Waals surface area contributed by atoms with E-state index in [0.717, 1.165) is 90.6 Å². The zero-order valence-corrected chi connectivity index (χ0v) is 38.7. The van der Waals surface area contributed by atoms with Crippen LogP contribution in [0.4, 0.5) is 0 Å². The predicted octanol–water partition coefficient (Wildman–Crippen LogP) is 7.21. The van der Waals surface area contributed by atoms with E-state index in [-0.39, 0.29) is 21.9 Å². The molecule has 8 aromatic carbocycles. The van der Waals surface area contributed by atoms with E-state index in [2.05, 4.69) is 179 Å². The van der Waals surface area contributed by atoms with Crippen molar-refractivity contribution in [2.75, 3.05) is 0 Å². The van der Waals surface area contributed by atoms with Crippen molar-refractivity contribution in [1.82, 2.24) is 13.7 Å². The Balaban J connectivity index is 1.08. The van der Waals surface area contributed by atoms with Crippen molar-refractivity contribution in [3.63, 3.8) is 0 Å². The molecule has 3 aromatic heterocycles. The second-order valence-electron chi connectivity index (χ2n) is 18.4. The summed E-state index contributed by atoms with van der Waals surface area (Å²) in [5.41, 5.74) is 16.7. The minimum Gasteiger partial charge on any atom is -0.313 e. The Morgan fingerprint density at radius 2 is 1.14 bits per heavy atom. The molecule has 314 valence electrons. The number of hydrogen-bond acceptors (Lipinski definition) is 0. The maximum Gasteiger partial charge on any atom is 0.115 e. The lowest BCUT2D eigenvalue weighted by Crippen LogP contribution is -2.48. The molecule has 2 aliphatic carbocycles. The van der Waals surface area contributed by atoms with Gasteiger partial charge in [0.1, 0.15) is 60.6 Å². The third-order valence-corrected chi connectivity index (χ3v) is 14.6. The van der Waals surface area contributed by atoms with Crippen molar-refractivity contribution in [1.29, 1.82) is 0 Å². The molecule has 0 saturated heterocycles. The van der Waals surface area contributed by atoms with Crippen LogP contribution < -0.4 is 38.2 Å². The number of para-hydroxylation sites is 3. The summed E-state index contributed by atoms with van der Waals surface area (Å²) in [6.45, 7) is 0. The highest BCUT2D eigenvalue weighted by Crippen LogP contribution is 2.42. The Bertz CT molecular complexity index is 4270. The van der Waals surface area contributed by atoms with Gasteiger partial charge in [-0.3, -0.25) is 0 Å². The first-order valence-corrected chi connectivity index (χ1v) is 23.7. The monoisotopic (exact) mass is 885 g/mol. The Morgan fingerprint density at radius 3 is 1.93 bits per heavy atom. The number of nitrogens with zero attached hydrogens (tertiary/aromatic N) is 3. The second-order valence-corrected chi connectivity index (χ2v) is 18.4. The number of rotatable bonds is 6. The van der Waals surface area contributed by atoms with E-state index in [0.29, 0.717) is 50.2 Å². The van der Waals surface area contributed by atoms with Gasteiger partial charge < -0.3 is 13.7 Å². The molecule has 0 aliphatic heterocycles. The summed E-state index contributed by atoms with van der Waals surface area (Å²) < 4.78 is 6.59. The largest absolute Gasteiger partial charge is 0.313 e. The van der Waals surface area contributed by atoms with E-state index in [1.165, 1.54) is 11.1 Å². The first-order chi connectivity index (χ1) is 34.7. The standard InChI is InChI=1S/C61H34B7N3/c62-53-49(36-30-31-47-43(32-36)50-40(35-18-6-2-7-19-35)25-15-29-48(50)69(47)37-20-8-3-9-21-37)54(63)58(67)60-51(53)52-55(64)56(65)57(66)59(68)61(52)70(60)38-22-14-28-46-42(33-38)41-24-11-13-27-45(41)71(46)44-26-12-10-23-39(44)34-16-4-1-5-17-34/h1-4,6-13,15-16,18-21,23-27,29-33H,5,17,22H2. The molecule has 3 heterocycles. The van der Waals surface area contributed by atoms with Gasteiger partial charge in [-0.2, -0.15) is 0 Å². The van der Waals surface area contributed by atoms with E-state index in [1.54, 1.807) is 0 Å². The molecule has 0 saturated carbocycles. The molecule has 0 atom stereocenters. The fraction of sp³-hybridized carbons (Fsp3) is 0.0492. The molecule has 11 aromatic rings. The third-order valence-electron chi connectivity index (χ3n) is 14.6. The number of fused-ring (bicyclic) bond motifs is 9. The molecule has 14 radical (unpaired) electrons. The molecule has 10 heteroatoms. The molecule has 3 nitrogen and oxygen atoms in total. The lowest BCUT2D eigenvalue weighted by molar-refractivity contribution is 1.04. The predicted molar refractivity (Wildman–Crippen MR) is 308 cm³/mol. The van der Waals surface area contributed by atoms with Gasteiger partial charge in [-0.15, -0.1) is 10.9 Å². The lowest BCUT2D eigenvalue weighted by Gasteiger charge is -2.20. The van der Waals surface area contributed by atoms with Crippen LogP contribution in [0.1, 0.15) is 36.1 Å². The number of hydrogen-bond donors (Lipinski definition) is 0. The van der Waals surface area contributed by atoms with Crippen LogP contribution in [-0.2, 0) is 0 Å². The maximum absolute atomic E-state index is 7.55. The van der Waals surface area contributed by atoms with Gasteiger partial charge in [0.05, 0.1) is 28.7 Å². The van der Waals surface area contributed by atoms with Gasteiger partial charge in [0.25, 0.3) is 0 Å². The van der Waals surface area contributed by atoms with E-state index >= 15 is 0 Å². The molecule has 0 bridgehead atoms. The summed E-state index contributed by atoms with van der Waals surface area (Å²) >= 11 is 0. The van der Waals surface area contributed by atoms with Crippen LogP contribution in [0.3, 0.4) is 0 Å². The molecule has 0 fully saturated rings. The minimum absolute atomic E-state index is 0.163. The van der Waals surface area contributed by atoms with E-state index in [1.807, 2.05) is 16.7 Å². The molecule has 0 N–H and O–H groups in total. The van der Waals surface area contributed by atoms with Crippen LogP contribution in [0.15, 0.2) is 164 Å². The molecular weight excluding hydrogens is 850 g/mol. The minimum atomic E-state index is 0.163. The van der Waals surface area contributed by atoms with Crippen LogP contribution in [0.5, 0.6) is 0 Å². The van der Waals surface area contributed by atoms with Crippen molar-refractivity contribution in [3.8, 4) is 45.5 Å². The van der Waals surface area contributed by atoms with Crippen molar-refractivity contribution >= 4 is 165 Å². The first-order valence-electron chi connectivity index (χ1n) is 23.7. The van der Waals surface area contributed by atoms with Crippen LogP contribution >= 0.6 is 0 Å². The Labute approximate surface area is 421 Å². The highest BCUT2D eigenvalue weighted by Gasteiger charge is 2.28. The smallest absolute Gasteiger partial charge is 0.115 e. The van der Waals surface area contributed by atoms with Crippen molar-refractivity contribution < 1.29 is 0 Å². The zero-order chi connectivity index (χ0) is 48.2. The summed E-state index contributed by atoms with van der Waals surface area (Å²) in [5, 5.41) is 4.25. The molecule has 13 rings (SSSR count). The normalized spacial score (nSPS) is 13.4. The van der Waals surface area contributed by atoms with Gasteiger partial charge in [-0.25, -0.2) is 0 Å². The zero-order valence-electron chi connectivity index (χ0n) is 38.7. The molecular formula is C61H34B7N3. The van der Waals surface area contributed by atoms with Crippen LogP contribution in [0.25, 0.3) is 105 Å². The Kier molecular flexibility index (Phi) is 10.1. The third kappa shape index (κ3) is 6.42. The van der Waals surface area contributed by atoms with Crippen molar-refractivity contribution in [3.05, 3.63) is 181 Å². The Hall–Kier alpha value is -7.87. The fourth-order valence-electron chi connectivity index (χ4n) is 11.4. The molecule has 0 spiro atoms. The van der Waals surface area contributed by atoms with Crippen molar-refractivity contribution in [2.24, 2.45) is 0 Å². The number of aromatic nitrogens is 3. The highest BCUT2D eigenvalue weighted by atomic mass is 15.0. The number of allylic oxidation sites excluding steroid dienone is 5. The van der Waals surface area contributed by atoms with Gasteiger partial charge in [0.15, 0.2) is 0 Å². The molecule has 0 amide bonds. The van der Waals surface area contributed by atoms with Gasteiger partial charge in [0.2, 0.25) is 0 Å². The Morgan fingerprint density at radius 1 is 0.479 bits per heavy atom. The van der Waals surface area contributed by atoms with Crippen LogP contribution in [-0.4, -0.2) is 68.6 Å². The quantitative estimate of drug-likeness (QED) is 0.124. The summed E-state index contributed by atoms with van der Waals surface area (Å²) in [6.07, 6.45) is 11.0. The highest BCUT2D eigenvalue weighted by molar-refractivity contribution is 6.69. The van der Waals surface area contributed by atoms with E-state index < -0.39 is 0 Å². The summed E-state index contributed by atoms with van der Waals surface area (Å²) in [4.78, 5) is 0. The van der Waals surface area contributed by atoms with Gasteiger partial charge >= 0.3 is 0 Å². The van der Waals surface area contributed by atoms with Crippen LogP contribution in [0, 0.1) is 11.8 Å². The summed E-state index contributed by atoms with van der Waals surface area (Å²) in [5.74, 6) is 7.13. The molecule has 0 unspecified atom stereocenters. The molecule has 2 aliphatic rings. The first kappa shape index (κ1) is 43.2. The van der Waals surface area contributed by atoms with E-state index in [9.17, 15) is 0 Å². The lowest BCUT2D eigenvalue weighted by atomic mass is 9.64. The number of benzene rings is 8. The van der Waals surface area contributed by atoms with E-state index in [4.69, 9.17) is 54.9 Å². The van der Waals surface area contributed by atoms with Gasteiger partial charge in [-0.05, 0) is 101 Å². The summed E-state index contributed by atoms with van der Waals surface area (Å²) in [7, 11) is 49.9. The SMILES string of the molecule is [B]c1c([B])c([B])c2c(c1[B])c1c([B])c(-c3ccc4c(c3)c3c(-c5ccccc5)cccc3n4-c3ccccc3)c([B])c([B])c1n2C1=Cc2c(n(-c3ccccc3C3=CC=CCC3)c3ccccc23)C#CC1. The molecule has 71 heavy (non-hydrogen) atoms. The second kappa shape index (κ2) is 16.6. The fourth-order valence-corrected chi connectivity index (χ4v) is 11.4. The van der Waals surface area contributed by atoms with Crippen molar-refractivity contribution in [2.45, 2.75) is 19.3 Å². The maximum atomic E-state index is 7.55. The van der Waals surface area contributed by atoms with Crippen LogP contribution in [0.2, 0.25) is 0 Å². The average Bonchev–Trinajstić information content (AvgIpc) is 3.99. The average molecular weight is 885 g/mol. The van der Waals surface area contributed by atoms with Gasteiger partial charge in [-0.1, -0.05) is 155 Å². The van der Waals surface area contributed by atoms with Gasteiger partial charge in [0, 0.05) is 55.1 Å².